The van der Waals surface area contributed by atoms with E-state index in [1.165, 1.54) is 4.31 Å². The average Bonchev–Trinajstić information content (AvgIpc) is 2.42. The summed E-state index contributed by atoms with van der Waals surface area (Å²) in [7, 11) is -3.51. The quantitative estimate of drug-likeness (QED) is 0.751. The maximum absolute atomic E-state index is 12.9. The van der Waals surface area contributed by atoms with Crippen molar-refractivity contribution in [3.8, 4) is 0 Å². The van der Waals surface area contributed by atoms with Gasteiger partial charge in [0.2, 0.25) is 10.0 Å². The molecule has 0 radical (unpaired) electrons. The SMILES string of the molecule is C=CCN(C(C)C)S(=O)(=O)c1cccc(CNCC)c1C. The number of rotatable bonds is 8. The molecular formula is C16H26N2O2S. The van der Waals surface area contributed by atoms with Gasteiger partial charge in [0, 0.05) is 19.1 Å². The Bertz CT molecular complexity index is 580. The topological polar surface area (TPSA) is 49.4 Å². The van der Waals surface area contributed by atoms with Crippen molar-refractivity contribution in [2.24, 2.45) is 0 Å². The second-order valence-corrected chi connectivity index (χ2v) is 7.14. The van der Waals surface area contributed by atoms with Crippen LogP contribution in [-0.2, 0) is 16.6 Å². The lowest BCUT2D eigenvalue weighted by atomic mass is 10.1. The largest absolute Gasteiger partial charge is 0.313 e. The molecule has 1 aromatic rings. The Morgan fingerprint density at radius 2 is 2.05 bits per heavy atom. The highest BCUT2D eigenvalue weighted by Gasteiger charge is 2.27. The molecule has 21 heavy (non-hydrogen) atoms. The van der Waals surface area contributed by atoms with E-state index in [1.807, 2.05) is 33.8 Å². The smallest absolute Gasteiger partial charge is 0.243 e. The third-order valence-corrected chi connectivity index (χ3v) is 5.62. The van der Waals surface area contributed by atoms with Crippen LogP contribution in [-0.4, -0.2) is 31.9 Å². The molecule has 0 fully saturated rings. The van der Waals surface area contributed by atoms with Crippen molar-refractivity contribution in [3.05, 3.63) is 42.0 Å². The molecule has 1 N–H and O–H groups in total. The van der Waals surface area contributed by atoms with Gasteiger partial charge in [-0.2, -0.15) is 4.31 Å². The Balaban J connectivity index is 3.27. The van der Waals surface area contributed by atoms with E-state index in [9.17, 15) is 8.42 Å². The molecule has 0 heterocycles. The molecule has 0 saturated heterocycles. The van der Waals surface area contributed by atoms with E-state index < -0.39 is 10.0 Å². The number of nitrogens with zero attached hydrogens (tertiary/aromatic N) is 1. The van der Waals surface area contributed by atoms with Crippen molar-refractivity contribution < 1.29 is 8.42 Å². The molecule has 0 aliphatic rings. The maximum Gasteiger partial charge on any atom is 0.243 e. The monoisotopic (exact) mass is 310 g/mol. The Morgan fingerprint density at radius 3 is 2.57 bits per heavy atom. The van der Waals surface area contributed by atoms with Crippen LogP contribution >= 0.6 is 0 Å². The highest BCUT2D eigenvalue weighted by molar-refractivity contribution is 7.89. The van der Waals surface area contributed by atoms with E-state index in [0.717, 1.165) is 17.7 Å². The Morgan fingerprint density at radius 1 is 1.38 bits per heavy atom. The predicted octanol–water partition coefficient (Wildman–Crippen LogP) is 2.69. The summed E-state index contributed by atoms with van der Waals surface area (Å²) < 4.78 is 27.2. The van der Waals surface area contributed by atoms with Gasteiger partial charge in [-0.15, -0.1) is 6.58 Å². The van der Waals surface area contributed by atoms with Crippen molar-refractivity contribution in [1.29, 1.82) is 0 Å². The number of nitrogens with one attached hydrogen (secondary N) is 1. The van der Waals surface area contributed by atoms with Gasteiger partial charge in [-0.05, 0) is 44.5 Å². The van der Waals surface area contributed by atoms with Crippen LogP contribution in [0.2, 0.25) is 0 Å². The fraction of sp³-hybridized carbons (Fsp3) is 0.500. The molecule has 1 aromatic carbocycles. The minimum absolute atomic E-state index is 0.107. The zero-order valence-electron chi connectivity index (χ0n) is 13.4. The molecule has 0 bridgehead atoms. The molecule has 1 rings (SSSR count). The number of benzene rings is 1. The Hall–Kier alpha value is -1.17. The summed E-state index contributed by atoms with van der Waals surface area (Å²) in [6.45, 7) is 13.1. The molecule has 0 saturated carbocycles. The molecule has 0 atom stereocenters. The van der Waals surface area contributed by atoms with Crippen LogP contribution < -0.4 is 5.32 Å². The highest BCUT2D eigenvalue weighted by atomic mass is 32.2. The van der Waals surface area contributed by atoms with Crippen LogP contribution in [0.1, 0.15) is 31.9 Å². The molecule has 0 spiro atoms. The fourth-order valence-electron chi connectivity index (χ4n) is 2.23. The molecular weight excluding hydrogens is 284 g/mol. The van der Waals surface area contributed by atoms with E-state index in [-0.39, 0.29) is 6.04 Å². The van der Waals surface area contributed by atoms with Crippen LogP contribution in [0.15, 0.2) is 35.7 Å². The van der Waals surface area contributed by atoms with Gasteiger partial charge in [0.1, 0.15) is 0 Å². The number of hydrogen-bond acceptors (Lipinski definition) is 3. The van der Waals surface area contributed by atoms with E-state index in [2.05, 4.69) is 11.9 Å². The minimum atomic E-state index is -3.51. The lowest BCUT2D eigenvalue weighted by molar-refractivity contribution is 0.382. The van der Waals surface area contributed by atoms with Crippen LogP contribution in [0.5, 0.6) is 0 Å². The van der Waals surface area contributed by atoms with Gasteiger partial charge in [0.05, 0.1) is 4.90 Å². The maximum atomic E-state index is 12.9. The van der Waals surface area contributed by atoms with Gasteiger partial charge in [-0.3, -0.25) is 0 Å². The number of hydrogen-bond donors (Lipinski definition) is 1. The van der Waals surface area contributed by atoms with Crippen molar-refractivity contribution in [1.82, 2.24) is 9.62 Å². The minimum Gasteiger partial charge on any atom is -0.313 e. The van der Waals surface area contributed by atoms with Crippen molar-refractivity contribution in [3.63, 3.8) is 0 Å². The normalized spacial score (nSPS) is 12.1. The number of sulfonamides is 1. The molecule has 0 aliphatic carbocycles. The first-order valence-corrected chi connectivity index (χ1v) is 8.72. The van der Waals surface area contributed by atoms with Crippen LogP contribution in [0.25, 0.3) is 0 Å². The fourth-order valence-corrected chi connectivity index (χ4v) is 4.11. The lowest BCUT2D eigenvalue weighted by Crippen LogP contribution is -2.37. The molecule has 5 heteroatoms. The molecule has 4 nitrogen and oxygen atoms in total. The summed E-state index contributed by atoms with van der Waals surface area (Å²) in [5, 5.41) is 3.24. The standard InChI is InChI=1S/C16H26N2O2S/c1-6-11-18(13(3)4)21(19,20)16-10-8-9-15(14(16)5)12-17-7-2/h6,8-10,13,17H,1,7,11-12H2,2-5H3. The van der Waals surface area contributed by atoms with E-state index in [4.69, 9.17) is 0 Å². The Kier molecular flexibility index (Phi) is 6.58. The highest BCUT2D eigenvalue weighted by Crippen LogP contribution is 2.24. The van der Waals surface area contributed by atoms with E-state index >= 15 is 0 Å². The van der Waals surface area contributed by atoms with Crippen molar-refractivity contribution in [2.75, 3.05) is 13.1 Å². The summed E-state index contributed by atoms with van der Waals surface area (Å²) in [6.07, 6.45) is 1.62. The second-order valence-electron chi connectivity index (χ2n) is 5.28. The molecule has 0 aliphatic heterocycles. The van der Waals surface area contributed by atoms with E-state index in [0.29, 0.717) is 18.0 Å². The van der Waals surface area contributed by atoms with E-state index in [1.54, 1.807) is 18.2 Å². The third-order valence-electron chi connectivity index (χ3n) is 3.43. The zero-order chi connectivity index (χ0) is 16.0. The van der Waals surface area contributed by atoms with Crippen molar-refractivity contribution >= 4 is 10.0 Å². The van der Waals surface area contributed by atoms with Gasteiger partial charge in [-0.25, -0.2) is 8.42 Å². The third kappa shape index (κ3) is 4.15. The molecule has 0 aromatic heterocycles. The van der Waals surface area contributed by atoms with Gasteiger partial charge < -0.3 is 5.32 Å². The van der Waals surface area contributed by atoms with Crippen LogP contribution in [0.3, 0.4) is 0 Å². The first kappa shape index (κ1) is 17.9. The first-order valence-electron chi connectivity index (χ1n) is 7.28. The molecule has 118 valence electrons. The van der Waals surface area contributed by atoms with Crippen LogP contribution in [0, 0.1) is 6.92 Å². The molecule has 0 amide bonds. The first-order chi connectivity index (χ1) is 9.86. The second kappa shape index (κ2) is 7.73. The van der Waals surface area contributed by atoms with Crippen LogP contribution in [0.4, 0.5) is 0 Å². The zero-order valence-corrected chi connectivity index (χ0v) is 14.2. The van der Waals surface area contributed by atoms with Gasteiger partial charge >= 0.3 is 0 Å². The Labute approximate surface area is 128 Å². The summed E-state index contributed by atoms with van der Waals surface area (Å²) in [5.41, 5.74) is 1.83. The summed E-state index contributed by atoms with van der Waals surface area (Å²) in [6, 6.07) is 5.34. The summed E-state index contributed by atoms with van der Waals surface area (Å²) in [5.74, 6) is 0. The lowest BCUT2D eigenvalue weighted by Gasteiger charge is -2.26. The summed E-state index contributed by atoms with van der Waals surface area (Å²) in [4.78, 5) is 0.383. The van der Waals surface area contributed by atoms with Crippen molar-refractivity contribution in [2.45, 2.75) is 45.2 Å². The van der Waals surface area contributed by atoms with Gasteiger partial charge in [0.15, 0.2) is 0 Å². The predicted molar refractivity (Wildman–Crippen MR) is 87.8 cm³/mol. The summed E-state index contributed by atoms with van der Waals surface area (Å²) >= 11 is 0. The van der Waals surface area contributed by atoms with Gasteiger partial charge in [0.25, 0.3) is 0 Å². The van der Waals surface area contributed by atoms with Gasteiger partial charge in [-0.1, -0.05) is 25.1 Å². The average molecular weight is 310 g/mol. The molecule has 0 unspecified atom stereocenters.